The van der Waals surface area contributed by atoms with Gasteiger partial charge in [0.2, 0.25) is 0 Å². The van der Waals surface area contributed by atoms with Gasteiger partial charge in [-0.1, -0.05) is 60.7 Å². The van der Waals surface area contributed by atoms with Crippen LogP contribution in [0.15, 0.2) is 60.7 Å². The van der Waals surface area contributed by atoms with E-state index in [1.807, 2.05) is 60.7 Å². The van der Waals surface area contributed by atoms with Crippen LogP contribution in [-0.2, 0) is 9.40 Å². The molecular formula is C20H24NO2P. The molecule has 4 rings (SSSR count). The fourth-order valence-corrected chi connectivity index (χ4v) is 7.57. The molecular weight excluding hydrogens is 317 g/mol. The molecule has 0 radical (unpaired) electrons. The number of hydrogen-bond donors (Lipinski definition) is 0. The average Bonchev–Trinajstić information content (AvgIpc) is 3.17. The highest BCUT2D eigenvalue weighted by molar-refractivity contribution is 7.79. The Morgan fingerprint density at radius 2 is 1.54 bits per heavy atom. The second kappa shape index (κ2) is 5.84. The summed E-state index contributed by atoms with van der Waals surface area (Å²) in [6.45, 7) is 4.96. The van der Waals surface area contributed by atoms with E-state index in [9.17, 15) is 4.57 Å². The van der Waals surface area contributed by atoms with Crippen molar-refractivity contribution in [3.63, 3.8) is 0 Å². The van der Waals surface area contributed by atoms with E-state index in [4.69, 9.17) is 4.84 Å². The number of fused-ring (bicyclic) bond motifs is 1. The molecule has 2 saturated heterocycles. The highest BCUT2D eigenvalue weighted by Gasteiger charge is 2.54. The summed E-state index contributed by atoms with van der Waals surface area (Å²) in [5, 5.41) is 4.00. The second-order valence-corrected chi connectivity index (χ2v) is 10.4. The number of benzene rings is 2. The fourth-order valence-electron chi connectivity index (χ4n) is 4.24. The molecule has 0 saturated carbocycles. The van der Waals surface area contributed by atoms with E-state index in [2.05, 4.69) is 18.9 Å². The molecule has 2 fully saturated rings. The van der Waals surface area contributed by atoms with Gasteiger partial charge in [-0.2, -0.15) is 5.06 Å². The Labute approximate surface area is 144 Å². The molecule has 126 valence electrons. The molecule has 2 atom stereocenters. The third-order valence-corrected chi connectivity index (χ3v) is 9.08. The summed E-state index contributed by atoms with van der Waals surface area (Å²) in [5.74, 6) is 0. The molecule has 3 nitrogen and oxygen atoms in total. The minimum Gasteiger partial charge on any atom is -0.313 e. The summed E-state index contributed by atoms with van der Waals surface area (Å²) in [4.78, 5) is 6.06. The van der Waals surface area contributed by atoms with Gasteiger partial charge in [0, 0.05) is 22.2 Å². The zero-order chi connectivity index (χ0) is 16.8. The Kier molecular flexibility index (Phi) is 3.91. The summed E-state index contributed by atoms with van der Waals surface area (Å²) in [5.41, 5.74) is 0.0431. The van der Waals surface area contributed by atoms with Crippen molar-refractivity contribution in [1.29, 1.82) is 0 Å². The normalized spacial score (nSPS) is 26.4. The Balaban J connectivity index is 1.82. The number of hydrogen-bond acceptors (Lipinski definition) is 3. The van der Waals surface area contributed by atoms with Crippen molar-refractivity contribution in [2.24, 2.45) is 0 Å². The highest BCUT2D eigenvalue weighted by Crippen LogP contribution is 2.56. The largest absolute Gasteiger partial charge is 0.313 e. The summed E-state index contributed by atoms with van der Waals surface area (Å²) in [7, 11) is -2.76. The predicted octanol–water partition coefficient (Wildman–Crippen LogP) is 3.56. The van der Waals surface area contributed by atoms with Crippen molar-refractivity contribution in [3.8, 4) is 0 Å². The van der Waals surface area contributed by atoms with Gasteiger partial charge in [0.25, 0.3) is 0 Å². The number of nitrogens with zero attached hydrogens (tertiary/aromatic N) is 1. The molecule has 0 unspecified atom stereocenters. The van der Waals surface area contributed by atoms with Crippen molar-refractivity contribution < 1.29 is 9.40 Å². The minimum atomic E-state index is -2.76. The lowest BCUT2D eigenvalue weighted by Gasteiger charge is -2.31. The molecule has 0 aromatic heterocycles. The van der Waals surface area contributed by atoms with E-state index in [-0.39, 0.29) is 17.2 Å². The third-order valence-electron chi connectivity index (χ3n) is 5.52. The van der Waals surface area contributed by atoms with Gasteiger partial charge in [-0.3, -0.25) is 4.84 Å². The third kappa shape index (κ3) is 2.38. The zero-order valence-electron chi connectivity index (χ0n) is 14.3. The lowest BCUT2D eigenvalue weighted by atomic mass is 10.0. The van der Waals surface area contributed by atoms with Gasteiger partial charge >= 0.3 is 0 Å². The average molecular weight is 341 g/mol. The quantitative estimate of drug-likeness (QED) is 0.800. The van der Waals surface area contributed by atoms with Crippen LogP contribution < -0.4 is 10.6 Å². The fraction of sp³-hybridized carbons (Fsp3) is 0.400. The smallest absolute Gasteiger partial charge is 0.150 e. The van der Waals surface area contributed by atoms with Gasteiger partial charge in [0.05, 0.1) is 12.3 Å². The second-order valence-electron chi connectivity index (χ2n) is 7.44. The number of rotatable bonds is 3. The van der Waals surface area contributed by atoms with Gasteiger partial charge in [-0.25, -0.2) is 0 Å². The molecule has 2 aromatic rings. The van der Waals surface area contributed by atoms with Crippen molar-refractivity contribution in [2.45, 2.75) is 43.9 Å². The van der Waals surface area contributed by atoms with Crippen LogP contribution in [0.3, 0.4) is 0 Å². The van der Waals surface area contributed by atoms with Crippen LogP contribution in [0, 0.1) is 0 Å². The van der Waals surface area contributed by atoms with Crippen molar-refractivity contribution >= 4 is 17.8 Å². The van der Waals surface area contributed by atoms with Crippen molar-refractivity contribution in [3.05, 3.63) is 60.7 Å². The van der Waals surface area contributed by atoms with E-state index in [1.54, 1.807) is 0 Å². The molecule has 0 N–H and O–H groups in total. The van der Waals surface area contributed by atoms with Crippen LogP contribution in [0.1, 0.15) is 26.7 Å². The Hall–Kier alpha value is -1.41. The first kappa shape index (κ1) is 16.1. The van der Waals surface area contributed by atoms with E-state index < -0.39 is 7.14 Å². The molecule has 2 aromatic carbocycles. The Bertz CT molecular complexity index is 716. The Morgan fingerprint density at radius 1 is 1.00 bits per heavy atom. The molecule has 4 heteroatoms. The van der Waals surface area contributed by atoms with Crippen LogP contribution in [0.2, 0.25) is 0 Å². The van der Waals surface area contributed by atoms with E-state index in [1.165, 1.54) is 0 Å². The van der Waals surface area contributed by atoms with Gasteiger partial charge in [0.1, 0.15) is 7.14 Å². The van der Waals surface area contributed by atoms with Gasteiger partial charge in [0.15, 0.2) is 0 Å². The minimum absolute atomic E-state index is 0.0177. The monoisotopic (exact) mass is 341 g/mol. The lowest BCUT2D eigenvalue weighted by molar-refractivity contribution is -0.170. The first-order valence-electron chi connectivity index (χ1n) is 8.67. The van der Waals surface area contributed by atoms with E-state index in [0.29, 0.717) is 6.61 Å². The summed E-state index contributed by atoms with van der Waals surface area (Å²) < 4.78 is 14.5. The molecule has 2 heterocycles. The van der Waals surface area contributed by atoms with Gasteiger partial charge in [-0.15, -0.1) is 0 Å². The maximum atomic E-state index is 14.5. The molecule has 0 bridgehead atoms. The first-order valence-corrected chi connectivity index (χ1v) is 10.4. The molecule has 24 heavy (non-hydrogen) atoms. The van der Waals surface area contributed by atoms with Gasteiger partial charge in [-0.05, 0) is 26.7 Å². The van der Waals surface area contributed by atoms with Crippen LogP contribution in [0.25, 0.3) is 0 Å². The zero-order valence-corrected chi connectivity index (χ0v) is 15.2. The topological polar surface area (TPSA) is 29.5 Å². The maximum absolute atomic E-state index is 14.5. The maximum Gasteiger partial charge on any atom is 0.150 e. The van der Waals surface area contributed by atoms with Gasteiger partial charge < -0.3 is 4.57 Å². The molecule has 0 amide bonds. The van der Waals surface area contributed by atoms with Crippen LogP contribution in [0.5, 0.6) is 0 Å². The first-order chi connectivity index (χ1) is 11.5. The standard InChI is InChI=1S/C20H24NO2P/c1-20(2)14-13-18-19(15-23-21(18)20)24(22,16-9-5-3-6-10-16)17-11-7-4-8-12-17/h3-12,18-19H,13-15H2,1-2H3/t18-,19+/m1/s1. The lowest BCUT2D eigenvalue weighted by Crippen LogP contribution is -2.41. The highest BCUT2D eigenvalue weighted by atomic mass is 31.2. The predicted molar refractivity (Wildman–Crippen MR) is 98.4 cm³/mol. The molecule has 2 aliphatic heterocycles. The summed E-state index contributed by atoms with van der Waals surface area (Å²) in [6, 6.07) is 20.2. The van der Waals surface area contributed by atoms with Crippen LogP contribution >= 0.6 is 7.14 Å². The number of hydroxylamine groups is 2. The van der Waals surface area contributed by atoms with E-state index >= 15 is 0 Å². The van der Waals surface area contributed by atoms with E-state index in [0.717, 1.165) is 23.5 Å². The molecule has 2 aliphatic rings. The van der Waals surface area contributed by atoms with Crippen molar-refractivity contribution in [2.75, 3.05) is 6.61 Å². The SMILES string of the molecule is CC1(C)CC[C@@H]2[C@@H](P(=O)(c3ccccc3)c3ccccc3)CON21. The summed E-state index contributed by atoms with van der Waals surface area (Å²) in [6.07, 6.45) is 2.12. The van der Waals surface area contributed by atoms with Crippen LogP contribution in [0.4, 0.5) is 0 Å². The van der Waals surface area contributed by atoms with Crippen LogP contribution in [-0.4, -0.2) is 28.9 Å². The molecule has 0 spiro atoms. The molecule has 0 aliphatic carbocycles. The summed E-state index contributed by atoms with van der Waals surface area (Å²) >= 11 is 0. The Morgan fingerprint density at radius 3 is 2.08 bits per heavy atom. The van der Waals surface area contributed by atoms with Crippen molar-refractivity contribution in [1.82, 2.24) is 5.06 Å².